The molecule has 2 amide bonds. The number of carbonyl (C=O) groups is 2. The van der Waals surface area contributed by atoms with Gasteiger partial charge in [-0.15, -0.1) is 0 Å². The highest BCUT2D eigenvalue weighted by molar-refractivity contribution is 5.82. The van der Waals surface area contributed by atoms with Gasteiger partial charge in [-0.25, -0.2) is 9.59 Å². The van der Waals surface area contributed by atoms with Crippen molar-refractivity contribution in [2.45, 2.75) is 39.2 Å². The van der Waals surface area contributed by atoms with Crippen molar-refractivity contribution in [2.24, 2.45) is 5.92 Å². The number of hydrogen-bond acceptors (Lipinski definition) is 2. The van der Waals surface area contributed by atoms with E-state index in [0.29, 0.717) is 13.0 Å². The van der Waals surface area contributed by atoms with Crippen molar-refractivity contribution in [3.8, 4) is 0 Å². The zero-order valence-corrected chi connectivity index (χ0v) is 12.6. The van der Waals surface area contributed by atoms with Crippen LogP contribution in [0.3, 0.4) is 0 Å². The van der Waals surface area contributed by atoms with Crippen molar-refractivity contribution in [2.75, 3.05) is 6.54 Å². The monoisotopic (exact) mass is 292 g/mol. The van der Waals surface area contributed by atoms with E-state index in [2.05, 4.69) is 10.6 Å². The number of amides is 2. The number of benzene rings is 1. The minimum Gasteiger partial charge on any atom is -0.480 e. The molecule has 0 aliphatic heterocycles. The van der Waals surface area contributed by atoms with E-state index >= 15 is 0 Å². The Bertz CT molecular complexity index is 446. The summed E-state index contributed by atoms with van der Waals surface area (Å²) in [6.45, 7) is 4.37. The van der Waals surface area contributed by atoms with Gasteiger partial charge in [0.1, 0.15) is 6.04 Å². The van der Waals surface area contributed by atoms with Crippen LogP contribution in [0.2, 0.25) is 0 Å². The zero-order chi connectivity index (χ0) is 15.7. The molecule has 0 radical (unpaired) electrons. The molecule has 1 aromatic rings. The van der Waals surface area contributed by atoms with E-state index in [1.165, 1.54) is 5.56 Å². The predicted molar refractivity (Wildman–Crippen MR) is 82.2 cm³/mol. The lowest BCUT2D eigenvalue weighted by molar-refractivity contribution is -0.139. The van der Waals surface area contributed by atoms with E-state index in [-0.39, 0.29) is 5.92 Å². The van der Waals surface area contributed by atoms with Gasteiger partial charge in [0, 0.05) is 6.54 Å². The van der Waals surface area contributed by atoms with Crippen molar-refractivity contribution >= 4 is 12.0 Å². The molecule has 0 spiro atoms. The molecule has 116 valence electrons. The number of carboxylic acid groups (broad SMARTS) is 1. The van der Waals surface area contributed by atoms with Gasteiger partial charge in [0.05, 0.1) is 0 Å². The van der Waals surface area contributed by atoms with Crippen molar-refractivity contribution < 1.29 is 14.7 Å². The fourth-order valence-electron chi connectivity index (χ4n) is 2.04. The Balaban J connectivity index is 2.25. The molecule has 0 heterocycles. The van der Waals surface area contributed by atoms with Crippen molar-refractivity contribution in [1.29, 1.82) is 0 Å². The van der Waals surface area contributed by atoms with Gasteiger partial charge in [-0.3, -0.25) is 0 Å². The normalized spacial score (nSPS) is 12.0. The number of urea groups is 1. The molecule has 21 heavy (non-hydrogen) atoms. The molecule has 1 atom stereocenters. The van der Waals surface area contributed by atoms with Crippen LogP contribution >= 0.6 is 0 Å². The molecule has 1 rings (SSSR count). The second-order valence-electron chi connectivity index (χ2n) is 5.51. The summed E-state index contributed by atoms with van der Waals surface area (Å²) in [6, 6.07) is 8.77. The summed E-state index contributed by atoms with van der Waals surface area (Å²) < 4.78 is 0. The topological polar surface area (TPSA) is 78.4 Å². The van der Waals surface area contributed by atoms with Crippen LogP contribution in [-0.4, -0.2) is 29.7 Å². The molecule has 0 saturated heterocycles. The second-order valence-corrected chi connectivity index (χ2v) is 5.51. The van der Waals surface area contributed by atoms with E-state index in [1.807, 2.05) is 44.2 Å². The lowest BCUT2D eigenvalue weighted by Gasteiger charge is -2.16. The number of nitrogens with one attached hydrogen (secondary N) is 2. The SMILES string of the molecule is CC(C)C[C@@H](NC(=O)NCCCc1ccccc1)C(=O)O. The largest absolute Gasteiger partial charge is 0.480 e. The Morgan fingerprint density at radius 3 is 2.43 bits per heavy atom. The molecule has 0 unspecified atom stereocenters. The van der Waals surface area contributed by atoms with Gasteiger partial charge < -0.3 is 15.7 Å². The average molecular weight is 292 g/mol. The summed E-state index contributed by atoms with van der Waals surface area (Å²) in [4.78, 5) is 22.7. The smallest absolute Gasteiger partial charge is 0.326 e. The van der Waals surface area contributed by atoms with Gasteiger partial charge in [0.25, 0.3) is 0 Å². The first-order chi connectivity index (χ1) is 9.99. The van der Waals surface area contributed by atoms with Crippen LogP contribution in [0, 0.1) is 5.92 Å². The first kappa shape index (κ1) is 17.0. The van der Waals surface area contributed by atoms with Crippen LogP contribution in [0.1, 0.15) is 32.3 Å². The van der Waals surface area contributed by atoms with E-state index in [9.17, 15) is 9.59 Å². The zero-order valence-electron chi connectivity index (χ0n) is 12.6. The van der Waals surface area contributed by atoms with Crippen LogP contribution in [0.15, 0.2) is 30.3 Å². The van der Waals surface area contributed by atoms with Gasteiger partial charge in [-0.05, 0) is 30.7 Å². The highest BCUT2D eigenvalue weighted by atomic mass is 16.4. The van der Waals surface area contributed by atoms with Gasteiger partial charge in [-0.1, -0.05) is 44.2 Å². The lowest BCUT2D eigenvalue weighted by atomic mass is 10.0. The maximum atomic E-state index is 11.7. The number of aliphatic carboxylic acids is 1. The lowest BCUT2D eigenvalue weighted by Crippen LogP contribution is -2.46. The molecule has 5 nitrogen and oxygen atoms in total. The quantitative estimate of drug-likeness (QED) is 0.644. The van der Waals surface area contributed by atoms with Crippen LogP contribution < -0.4 is 10.6 Å². The fraction of sp³-hybridized carbons (Fsp3) is 0.500. The predicted octanol–water partition coefficient (Wildman–Crippen LogP) is 2.42. The fourth-order valence-corrected chi connectivity index (χ4v) is 2.04. The third kappa shape index (κ3) is 7.34. The first-order valence-corrected chi connectivity index (χ1v) is 7.30. The number of rotatable bonds is 8. The molecule has 0 aromatic heterocycles. The molecule has 0 bridgehead atoms. The van der Waals surface area contributed by atoms with E-state index in [4.69, 9.17) is 5.11 Å². The van der Waals surface area contributed by atoms with Crippen LogP contribution in [0.25, 0.3) is 0 Å². The molecule has 0 aliphatic carbocycles. The van der Waals surface area contributed by atoms with Gasteiger partial charge in [-0.2, -0.15) is 0 Å². The van der Waals surface area contributed by atoms with E-state index in [0.717, 1.165) is 12.8 Å². The molecule has 3 N–H and O–H groups in total. The third-order valence-corrected chi connectivity index (χ3v) is 3.08. The number of carboxylic acids is 1. The molecular weight excluding hydrogens is 268 g/mol. The Labute approximate surface area is 125 Å². The number of carbonyl (C=O) groups excluding carboxylic acids is 1. The van der Waals surface area contributed by atoms with Crippen molar-refractivity contribution in [3.05, 3.63) is 35.9 Å². The molecule has 0 saturated carbocycles. The highest BCUT2D eigenvalue weighted by Crippen LogP contribution is 2.05. The van der Waals surface area contributed by atoms with Crippen molar-refractivity contribution in [3.63, 3.8) is 0 Å². The maximum Gasteiger partial charge on any atom is 0.326 e. The van der Waals surface area contributed by atoms with Gasteiger partial charge in [0.2, 0.25) is 0 Å². The van der Waals surface area contributed by atoms with E-state index in [1.54, 1.807) is 0 Å². The molecule has 1 aromatic carbocycles. The standard InChI is InChI=1S/C16H24N2O3/c1-12(2)11-14(15(19)20)18-16(21)17-10-6-9-13-7-4-3-5-8-13/h3-5,7-8,12,14H,6,9-11H2,1-2H3,(H,19,20)(H2,17,18,21)/t14-/m1/s1. The Morgan fingerprint density at radius 2 is 1.86 bits per heavy atom. The number of aryl methyl sites for hydroxylation is 1. The molecule has 0 fully saturated rings. The third-order valence-electron chi connectivity index (χ3n) is 3.08. The molecule has 5 heteroatoms. The average Bonchev–Trinajstić information content (AvgIpc) is 2.43. The van der Waals surface area contributed by atoms with Crippen LogP contribution in [0.4, 0.5) is 4.79 Å². The minimum atomic E-state index is -0.997. The second kappa shape index (κ2) is 9.00. The Morgan fingerprint density at radius 1 is 1.19 bits per heavy atom. The summed E-state index contributed by atoms with van der Waals surface area (Å²) in [5.74, 6) is -0.785. The summed E-state index contributed by atoms with van der Waals surface area (Å²) in [5, 5.41) is 14.2. The highest BCUT2D eigenvalue weighted by Gasteiger charge is 2.20. The van der Waals surface area contributed by atoms with E-state index < -0.39 is 18.0 Å². The molecule has 0 aliphatic rings. The minimum absolute atomic E-state index is 0.212. The van der Waals surface area contributed by atoms with Crippen LogP contribution in [-0.2, 0) is 11.2 Å². The Hall–Kier alpha value is -2.04. The number of hydrogen-bond donors (Lipinski definition) is 3. The summed E-state index contributed by atoms with van der Waals surface area (Å²) in [5.41, 5.74) is 1.22. The van der Waals surface area contributed by atoms with Gasteiger partial charge in [0.15, 0.2) is 0 Å². The van der Waals surface area contributed by atoms with Crippen molar-refractivity contribution in [1.82, 2.24) is 10.6 Å². The maximum absolute atomic E-state index is 11.7. The summed E-state index contributed by atoms with van der Waals surface area (Å²) >= 11 is 0. The van der Waals surface area contributed by atoms with Crippen LogP contribution in [0.5, 0.6) is 0 Å². The van der Waals surface area contributed by atoms with Gasteiger partial charge >= 0.3 is 12.0 Å². The summed E-state index contributed by atoms with van der Waals surface area (Å²) in [7, 11) is 0. The Kier molecular flexibility index (Phi) is 7.29. The molecular formula is C16H24N2O3. The first-order valence-electron chi connectivity index (χ1n) is 7.30. The summed E-state index contributed by atoms with van der Waals surface area (Å²) in [6.07, 6.45) is 2.13.